The van der Waals surface area contributed by atoms with Gasteiger partial charge in [-0.15, -0.1) is 0 Å². The zero-order chi connectivity index (χ0) is 13.1. The molecule has 1 atom stereocenters. The van der Waals surface area contributed by atoms with Gasteiger partial charge in [-0.1, -0.05) is 32.9 Å². The van der Waals surface area contributed by atoms with Crippen molar-refractivity contribution in [3.05, 3.63) is 29.8 Å². The molecule has 0 amide bonds. The van der Waals surface area contributed by atoms with E-state index in [9.17, 15) is 5.11 Å². The van der Waals surface area contributed by atoms with E-state index >= 15 is 0 Å². The second kappa shape index (κ2) is 5.09. The summed E-state index contributed by atoms with van der Waals surface area (Å²) in [6.07, 6.45) is 1.76. The Balaban J connectivity index is 2.74. The van der Waals surface area contributed by atoms with E-state index in [1.54, 1.807) is 7.11 Å². The molecule has 0 fully saturated rings. The number of methoxy groups -OCH3 is 1. The van der Waals surface area contributed by atoms with Crippen LogP contribution in [0.2, 0.25) is 0 Å². The van der Waals surface area contributed by atoms with Crippen molar-refractivity contribution in [1.82, 2.24) is 0 Å². The summed E-state index contributed by atoms with van der Waals surface area (Å²) < 4.78 is 5.11. The molecule has 1 N–H and O–H groups in total. The van der Waals surface area contributed by atoms with Crippen LogP contribution in [0.15, 0.2) is 24.3 Å². The van der Waals surface area contributed by atoms with Crippen LogP contribution in [0.25, 0.3) is 0 Å². The van der Waals surface area contributed by atoms with Crippen LogP contribution in [0.5, 0.6) is 5.75 Å². The zero-order valence-corrected chi connectivity index (χ0v) is 11.6. The Kier molecular flexibility index (Phi) is 4.21. The first-order valence-corrected chi connectivity index (χ1v) is 6.11. The first kappa shape index (κ1) is 14.0. The summed E-state index contributed by atoms with van der Waals surface area (Å²) in [6.45, 7) is 8.45. The molecule has 0 aromatic heterocycles. The van der Waals surface area contributed by atoms with E-state index in [-0.39, 0.29) is 5.41 Å². The Morgan fingerprint density at radius 3 is 1.94 bits per heavy atom. The van der Waals surface area contributed by atoms with Gasteiger partial charge in [-0.2, -0.15) is 0 Å². The highest BCUT2D eigenvalue weighted by Gasteiger charge is 2.25. The number of benzene rings is 1. The molecule has 0 spiro atoms. The van der Waals surface area contributed by atoms with Gasteiger partial charge in [0.1, 0.15) is 5.75 Å². The molecule has 0 radical (unpaired) electrons. The van der Waals surface area contributed by atoms with Crippen LogP contribution in [0.3, 0.4) is 0 Å². The first-order chi connectivity index (χ1) is 7.74. The maximum absolute atomic E-state index is 10.5. The van der Waals surface area contributed by atoms with Crippen molar-refractivity contribution in [1.29, 1.82) is 0 Å². The molecule has 0 aliphatic carbocycles. The van der Waals surface area contributed by atoms with E-state index in [1.165, 1.54) is 0 Å². The number of hydrogen-bond donors (Lipinski definition) is 1. The Hall–Kier alpha value is -1.02. The van der Waals surface area contributed by atoms with Crippen molar-refractivity contribution >= 4 is 0 Å². The number of hydrogen-bond acceptors (Lipinski definition) is 2. The molecule has 1 aromatic carbocycles. The summed E-state index contributed by atoms with van der Waals surface area (Å²) in [4.78, 5) is 0. The van der Waals surface area contributed by atoms with Gasteiger partial charge in [0.25, 0.3) is 0 Å². The van der Waals surface area contributed by atoms with Crippen LogP contribution < -0.4 is 4.74 Å². The highest BCUT2D eigenvalue weighted by Crippen LogP contribution is 2.32. The summed E-state index contributed by atoms with van der Waals surface area (Å²) in [7, 11) is 1.65. The molecule has 96 valence electrons. The third kappa shape index (κ3) is 4.39. The van der Waals surface area contributed by atoms with Gasteiger partial charge in [0.2, 0.25) is 0 Å². The molecular formula is C15H24O2. The molecule has 1 rings (SSSR count). The number of rotatable bonds is 4. The number of ether oxygens (including phenoxy) is 1. The van der Waals surface area contributed by atoms with E-state index < -0.39 is 5.60 Å². The lowest BCUT2D eigenvalue weighted by Crippen LogP contribution is -2.23. The lowest BCUT2D eigenvalue weighted by Gasteiger charge is -2.28. The van der Waals surface area contributed by atoms with Gasteiger partial charge in [0.15, 0.2) is 0 Å². The standard InChI is InChI=1S/C15H24O2/c1-14(2,3)10-11-15(4,16)12-6-8-13(17-5)9-7-12/h6-9,16H,10-11H2,1-5H3. The largest absolute Gasteiger partial charge is 0.497 e. The highest BCUT2D eigenvalue weighted by molar-refractivity contribution is 5.30. The molecule has 0 saturated heterocycles. The maximum Gasteiger partial charge on any atom is 0.118 e. The second-order valence-electron chi connectivity index (χ2n) is 6.06. The smallest absolute Gasteiger partial charge is 0.118 e. The van der Waals surface area contributed by atoms with Crippen molar-refractivity contribution in [3.63, 3.8) is 0 Å². The number of aliphatic hydroxyl groups is 1. The fraction of sp³-hybridized carbons (Fsp3) is 0.600. The van der Waals surface area contributed by atoms with Crippen molar-refractivity contribution in [2.45, 2.75) is 46.1 Å². The normalized spacial score (nSPS) is 15.4. The van der Waals surface area contributed by atoms with Gasteiger partial charge >= 0.3 is 0 Å². The van der Waals surface area contributed by atoms with Crippen molar-refractivity contribution in [2.24, 2.45) is 5.41 Å². The monoisotopic (exact) mass is 236 g/mol. The molecule has 17 heavy (non-hydrogen) atoms. The molecule has 0 saturated carbocycles. The molecule has 0 aliphatic rings. The van der Waals surface area contributed by atoms with Crippen LogP contribution >= 0.6 is 0 Å². The van der Waals surface area contributed by atoms with Crippen LogP contribution in [-0.2, 0) is 5.60 Å². The van der Waals surface area contributed by atoms with E-state index in [2.05, 4.69) is 20.8 Å². The fourth-order valence-corrected chi connectivity index (χ4v) is 1.71. The molecule has 1 unspecified atom stereocenters. The minimum atomic E-state index is -0.764. The third-order valence-electron chi connectivity index (χ3n) is 3.07. The van der Waals surface area contributed by atoms with Gasteiger partial charge < -0.3 is 9.84 Å². The molecule has 1 aromatic rings. The molecule has 0 heterocycles. The van der Waals surface area contributed by atoms with Gasteiger partial charge in [0.05, 0.1) is 12.7 Å². The second-order valence-corrected chi connectivity index (χ2v) is 6.06. The van der Waals surface area contributed by atoms with E-state index in [0.29, 0.717) is 0 Å². The topological polar surface area (TPSA) is 29.5 Å². The minimum Gasteiger partial charge on any atom is -0.497 e. The fourth-order valence-electron chi connectivity index (χ4n) is 1.71. The third-order valence-corrected chi connectivity index (χ3v) is 3.07. The maximum atomic E-state index is 10.5. The van der Waals surface area contributed by atoms with E-state index in [4.69, 9.17) is 4.74 Å². The minimum absolute atomic E-state index is 0.246. The van der Waals surface area contributed by atoms with Gasteiger partial charge in [-0.25, -0.2) is 0 Å². The quantitative estimate of drug-likeness (QED) is 0.863. The Labute approximate surface area is 105 Å². The molecule has 0 aliphatic heterocycles. The van der Waals surface area contributed by atoms with Gasteiger partial charge in [0, 0.05) is 0 Å². The summed E-state index contributed by atoms with van der Waals surface area (Å²) >= 11 is 0. The SMILES string of the molecule is COc1ccc(C(C)(O)CCC(C)(C)C)cc1. The lowest BCUT2D eigenvalue weighted by molar-refractivity contribution is 0.0358. The van der Waals surface area contributed by atoms with Crippen LogP contribution in [-0.4, -0.2) is 12.2 Å². The van der Waals surface area contributed by atoms with Gasteiger partial charge in [-0.05, 0) is 42.9 Å². The Morgan fingerprint density at radius 1 is 1.00 bits per heavy atom. The zero-order valence-electron chi connectivity index (χ0n) is 11.6. The van der Waals surface area contributed by atoms with Crippen LogP contribution in [0.4, 0.5) is 0 Å². The summed E-state index contributed by atoms with van der Waals surface area (Å²) in [5, 5.41) is 10.5. The van der Waals surface area contributed by atoms with E-state index in [0.717, 1.165) is 24.2 Å². The highest BCUT2D eigenvalue weighted by atomic mass is 16.5. The average molecular weight is 236 g/mol. The molecule has 0 bridgehead atoms. The average Bonchev–Trinajstić information content (AvgIpc) is 2.26. The predicted octanol–water partition coefficient (Wildman–Crippen LogP) is 3.73. The summed E-state index contributed by atoms with van der Waals surface area (Å²) in [5.41, 5.74) is 0.429. The Bertz CT molecular complexity index is 344. The Morgan fingerprint density at radius 2 is 1.53 bits per heavy atom. The molecular weight excluding hydrogens is 212 g/mol. The van der Waals surface area contributed by atoms with Crippen molar-refractivity contribution < 1.29 is 9.84 Å². The first-order valence-electron chi connectivity index (χ1n) is 6.11. The lowest BCUT2D eigenvalue weighted by atomic mass is 9.82. The van der Waals surface area contributed by atoms with Crippen LogP contribution in [0.1, 0.15) is 46.1 Å². The van der Waals surface area contributed by atoms with Crippen molar-refractivity contribution in [3.8, 4) is 5.75 Å². The molecule has 2 heteroatoms. The van der Waals surface area contributed by atoms with E-state index in [1.807, 2.05) is 31.2 Å². The predicted molar refractivity (Wildman–Crippen MR) is 71.3 cm³/mol. The van der Waals surface area contributed by atoms with Gasteiger partial charge in [-0.3, -0.25) is 0 Å². The summed E-state index contributed by atoms with van der Waals surface area (Å²) in [6, 6.07) is 7.64. The summed E-state index contributed by atoms with van der Waals surface area (Å²) in [5.74, 6) is 0.820. The molecule has 2 nitrogen and oxygen atoms in total. The van der Waals surface area contributed by atoms with Crippen molar-refractivity contribution in [2.75, 3.05) is 7.11 Å². The van der Waals surface area contributed by atoms with Crippen LogP contribution in [0, 0.1) is 5.41 Å².